The first kappa shape index (κ1) is 22.8. The molecule has 0 aliphatic carbocycles. The van der Waals surface area contributed by atoms with Crippen LogP contribution in [0.25, 0.3) is 10.8 Å². The van der Waals surface area contributed by atoms with E-state index in [1.807, 2.05) is 24.3 Å². The number of carbonyl (C=O) groups is 1. The third-order valence-corrected chi connectivity index (χ3v) is 7.85. The highest BCUT2D eigenvalue weighted by Gasteiger charge is 2.26. The lowest BCUT2D eigenvalue weighted by atomic mass is 10.1. The van der Waals surface area contributed by atoms with Crippen molar-refractivity contribution in [2.45, 2.75) is 16.8 Å². The van der Waals surface area contributed by atoms with Crippen molar-refractivity contribution in [1.29, 1.82) is 0 Å². The maximum Gasteiger partial charge on any atom is 0.238 e. The third-order valence-electron chi connectivity index (χ3n) is 5.49. The lowest BCUT2D eigenvalue weighted by molar-refractivity contribution is -0.115. The number of aromatic nitrogens is 1. The summed E-state index contributed by atoms with van der Waals surface area (Å²) in [7, 11) is -1.91. The minimum atomic E-state index is -3.97. The summed E-state index contributed by atoms with van der Waals surface area (Å²) in [5.74, 6) is 0.221. The summed E-state index contributed by atoms with van der Waals surface area (Å²) >= 11 is 12.2. The maximum absolute atomic E-state index is 13.5. The highest BCUT2D eigenvalue weighted by atomic mass is 35.5. The molecule has 3 aromatic rings. The Kier molecular flexibility index (Phi) is 6.31. The molecule has 1 aromatic heterocycles. The Labute approximate surface area is 197 Å². The molecule has 32 heavy (non-hydrogen) atoms. The van der Waals surface area contributed by atoms with E-state index in [4.69, 9.17) is 23.4 Å². The molecule has 1 saturated heterocycles. The Hall–Kier alpha value is -2.39. The summed E-state index contributed by atoms with van der Waals surface area (Å²) in [5, 5.41) is 1.70. The Bertz CT molecular complexity index is 1290. The molecule has 4 rings (SSSR count). The van der Waals surface area contributed by atoms with Crippen LogP contribution in [0.15, 0.2) is 58.5 Å². The second kappa shape index (κ2) is 8.86. The fraction of sp³-hybridized carbons (Fsp3) is 0.273. The zero-order valence-electron chi connectivity index (χ0n) is 17.6. The Morgan fingerprint density at radius 3 is 2.41 bits per heavy atom. The smallest absolute Gasteiger partial charge is 0.238 e. The predicted octanol–water partition coefficient (Wildman–Crippen LogP) is 3.98. The number of rotatable bonds is 4. The molecule has 0 unspecified atom stereocenters. The van der Waals surface area contributed by atoms with E-state index in [1.165, 1.54) is 25.1 Å². The van der Waals surface area contributed by atoms with E-state index in [1.54, 1.807) is 6.07 Å². The van der Waals surface area contributed by atoms with Crippen LogP contribution in [0.5, 0.6) is 0 Å². The third kappa shape index (κ3) is 4.28. The minimum absolute atomic E-state index is 0.0213. The Morgan fingerprint density at radius 2 is 1.75 bits per heavy atom. The number of anilines is 2. The number of nitrogens with zero attached hydrogens (tertiary/aromatic N) is 4. The quantitative estimate of drug-likeness (QED) is 0.512. The summed E-state index contributed by atoms with van der Waals surface area (Å²) < 4.78 is 27.8. The average Bonchev–Trinajstić information content (AvgIpc) is 2.78. The van der Waals surface area contributed by atoms with E-state index in [-0.39, 0.29) is 20.6 Å². The highest BCUT2D eigenvalue weighted by molar-refractivity contribution is 7.91. The van der Waals surface area contributed by atoms with Gasteiger partial charge in [-0.3, -0.25) is 4.79 Å². The van der Waals surface area contributed by atoms with Gasteiger partial charge in [0, 0.05) is 50.3 Å². The molecule has 0 spiro atoms. The number of fused-ring (bicyclic) bond motifs is 1. The molecule has 2 aromatic carbocycles. The summed E-state index contributed by atoms with van der Waals surface area (Å²) in [6.45, 7) is 4.54. The van der Waals surface area contributed by atoms with E-state index in [0.717, 1.165) is 41.4 Å². The molecule has 1 fully saturated rings. The molecule has 2 heterocycles. The summed E-state index contributed by atoms with van der Waals surface area (Å²) in [6.07, 6.45) is 0. The van der Waals surface area contributed by atoms with Gasteiger partial charge in [-0.15, -0.1) is 0 Å². The van der Waals surface area contributed by atoms with Crippen LogP contribution in [0, 0.1) is 0 Å². The molecule has 7 nitrogen and oxygen atoms in total. The molecule has 0 radical (unpaired) electrons. The number of amides is 1. The van der Waals surface area contributed by atoms with Crippen molar-refractivity contribution < 1.29 is 13.2 Å². The summed E-state index contributed by atoms with van der Waals surface area (Å²) in [5.41, 5.74) is 0.212. The number of halogens is 2. The molecule has 0 saturated carbocycles. The van der Waals surface area contributed by atoms with Crippen molar-refractivity contribution in [3.63, 3.8) is 0 Å². The maximum atomic E-state index is 13.5. The van der Waals surface area contributed by atoms with Crippen molar-refractivity contribution in [3.8, 4) is 0 Å². The highest BCUT2D eigenvalue weighted by Crippen LogP contribution is 2.34. The van der Waals surface area contributed by atoms with Crippen molar-refractivity contribution >= 4 is 61.4 Å². The number of hydrogen-bond acceptors (Lipinski definition) is 6. The van der Waals surface area contributed by atoms with E-state index < -0.39 is 15.7 Å². The van der Waals surface area contributed by atoms with Crippen LogP contribution in [0.2, 0.25) is 5.02 Å². The van der Waals surface area contributed by atoms with Gasteiger partial charge in [0.05, 0.1) is 15.6 Å². The first-order chi connectivity index (χ1) is 15.2. The molecule has 168 valence electrons. The zero-order chi connectivity index (χ0) is 23.0. The summed E-state index contributed by atoms with van der Waals surface area (Å²) in [6, 6.07) is 13.3. The fourth-order valence-corrected chi connectivity index (χ4v) is 5.43. The van der Waals surface area contributed by atoms with Gasteiger partial charge in [0.15, 0.2) is 5.03 Å². The monoisotopic (exact) mass is 492 g/mol. The first-order valence-corrected chi connectivity index (χ1v) is 12.2. The number of carbonyl (C=O) groups excluding carboxylic acids is 1. The van der Waals surface area contributed by atoms with Crippen LogP contribution in [0.1, 0.15) is 6.92 Å². The molecule has 1 amide bonds. The lowest BCUT2D eigenvalue weighted by Gasteiger charge is -2.34. The molecular formula is C22H22Cl2N4O3S. The molecular weight excluding hydrogens is 471 g/mol. The van der Waals surface area contributed by atoms with Crippen LogP contribution in [0.3, 0.4) is 0 Å². The second-order valence-electron chi connectivity index (χ2n) is 7.71. The van der Waals surface area contributed by atoms with Gasteiger partial charge in [0.2, 0.25) is 15.7 Å². The number of benzene rings is 2. The van der Waals surface area contributed by atoms with Crippen molar-refractivity contribution in [3.05, 3.63) is 53.6 Å². The number of hydrogen-bond donors (Lipinski definition) is 0. The largest absolute Gasteiger partial charge is 0.353 e. The second-order valence-corrected chi connectivity index (χ2v) is 10.4. The van der Waals surface area contributed by atoms with E-state index >= 15 is 0 Å². The molecule has 0 N–H and O–H groups in total. The predicted molar refractivity (Wildman–Crippen MR) is 127 cm³/mol. The van der Waals surface area contributed by atoms with Gasteiger partial charge in [-0.05, 0) is 36.7 Å². The fourth-order valence-electron chi connectivity index (χ4n) is 3.66. The molecule has 0 atom stereocenters. The van der Waals surface area contributed by atoms with Crippen LogP contribution in [-0.2, 0) is 14.6 Å². The average molecular weight is 493 g/mol. The van der Waals surface area contributed by atoms with Gasteiger partial charge < -0.3 is 9.80 Å². The number of pyridine rings is 1. The molecule has 1 aliphatic rings. The molecule has 10 heteroatoms. The van der Waals surface area contributed by atoms with Gasteiger partial charge in [0.25, 0.3) is 0 Å². The van der Waals surface area contributed by atoms with Gasteiger partial charge in [-0.2, -0.15) is 0 Å². The Morgan fingerprint density at radius 1 is 1.06 bits per heavy atom. The summed E-state index contributed by atoms with van der Waals surface area (Å²) in [4.78, 5) is 20.5. The lowest BCUT2D eigenvalue weighted by Crippen LogP contribution is -2.45. The van der Waals surface area contributed by atoms with E-state index in [2.05, 4.69) is 21.8 Å². The standard InChI is InChI=1S/C22H22Cl2N4O3S/c1-15(29)28(24)20-8-7-17(14-19(20)23)32(30,31)21-13-16-5-3-4-6-18(16)22(25-21)27-11-9-26(2)10-12-27/h3-8,13-14H,9-12H2,1-2H3. The molecule has 1 aliphatic heterocycles. The van der Waals surface area contributed by atoms with Gasteiger partial charge >= 0.3 is 0 Å². The van der Waals surface area contributed by atoms with Crippen molar-refractivity contribution in [1.82, 2.24) is 9.88 Å². The SMILES string of the molecule is CC(=O)N(Cl)c1ccc(S(=O)(=O)c2cc3ccccc3c(N3CCN(C)CC3)n2)cc1Cl. The number of sulfone groups is 1. The molecule has 0 bridgehead atoms. The number of piperazine rings is 1. The normalized spacial score (nSPS) is 15.2. The van der Waals surface area contributed by atoms with Crippen LogP contribution in [-0.4, -0.2) is 57.4 Å². The van der Waals surface area contributed by atoms with Crippen LogP contribution < -0.4 is 9.32 Å². The Balaban J connectivity index is 1.80. The number of likely N-dealkylation sites (N-methyl/N-ethyl adjacent to an activating group) is 1. The van der Waals surface area contributed by atoms with Crippen molar-refractivity contribution in [2.75, 3.05) is 42.5 Å². The topological polar surface area (TPSA) is 73.8 Å². The van der Waals surface area contributed by atoms with Crippen LogP contribution >= 0.6 is 23.4 Å². The van der Waals surface area contributed by atoms with E-state index in [0.29, 0.717) is 5.82 Å². The van der Waals surface area contributed by atoms with Gasteiger partial charge in [-0.1, -0.05) is 35.9 Å². The first-order valence-electron chi connectivity index (χ1n) is 10.0. The van der Waals surface area contributed by atoms with Crippen molar-refractivity contribution in [2.24, 2.45) is 0 Å². The minimum Gasteiger partial charge on any atom is -0.353 e. The van der Waals surface area contributed by atoms with Crippen LogP contribution in [0.4, 0.5) is 11.5 Å². The zero-order valence-corrected chi connectivity index (χ0v) is 20.0. The van der Waals surface area contributed by atoms with E-state index in [9.17, 15) is 13.2 Å². The van der Waals surface area contributed by atoms with Gasteiger partial charge in [-0.25, -0.2) is 17.8 Å². The van der Waals surface area contributed by atoms with Gasteiger partial charge in [0.1, 0.15) is 5.82 Å².